The van der Waals surface area contributed by atoms with Crippen molar-refractivity contribution >= 4 is 40.5 Å². The van der Waals surface area contributed by atoms with E-state index in [1.54, 1.807) is 58.2 Å². The molecular formula is C32H35N5O6. The van der Waals surface area contributed by atoms with Gasteiger partial charge in [-0.05, 0) is 82.5 Å². The van der Waals surface area contributed by atoms with E-state index in [-0.39, 0.29) is 36.3 Å². The summed E-state index contributed by atoms with van der Waals surface area (Å²) in [6.07, 6.45) is 1.40. The quantitative estimate of drug-likeness (QED) is 0.357. The summed E-state index contributed by atoms with van der Waals surface area (Å²) in [4.78, 5) is 63.8. The van der Waals surface area contributed by atoms with Gasteiger partial charge >= 0.3 is 11.8 Å². The van der Waals surface area contributed by atoms with Gasteiger partial charge in [0.05, 0.1) is 11.0 Å². The average Bonchev–Trinajstić information content (AvgIpc) is 3.20. The van der Waals surface area contributed by atoms with Crippen LogP contribution in [-0.2, 0) is 21.4 Å². The van der Waals surface area contributed by atoms with Crippen molar-refractivity contribution in [3.63, 3.8) is 0 Å². The Morgan fingerprint density at radius 2 is 1.67 bits per heavy atom. The number of nitrogens with zero attached hydrogens (tertiary/aromatic N) is 3. The van der Waals surface area contributed by atoms with Crippen molar-refractivity contribution in [1.82, 2.24) is 19.4 Å². The molecule has 2 aromatic carbocycles. The van der Waals surface area contributed by atoms with Crippen LogP contribution in [0.4, 0.5) is 10.5 Å². The van der Waals surface area contributed by atoms with Gasteiger partial charge in [-0.25, -0.2) is 9.59 Å². The van der Waals surface area contributed by atoms with Gasteiger partial charge in [-0.15, -0.1) is 0 Å². The van der Waals surface area contributed by atoms with Crippen LogP contribution in [-0.4, -0.2) is 56.5 Å². The number of benzene rings is 2. The van der Waals surface area contributed by atoms with Gasteiger partial charge in [0, 0.05) is 49.3 Å². The van der Waals surface area contributed by atoms with Crippen LogP contribution in [0, 0.1) is 17.8 Å². The third-order valence-electron chi connectivity index (χ3n) is 7.59. The minimum absolute atomic E-state index is 0.0675. The first-order chi connectivity index (χ1) is 20.4. The van der Waals surface area contributed by atoms with Crippen LogP contribution in [0.5, 0.6) is 0 Å². The van der Waals surface area contributed by atoms with Crippen LogP contribution >= 0.6 is 0 Å². The number of carbonyl (C=O) groups excluding carboxylic acids is 4. The Balaban J connectivity index is 1.20. The van der Waals surface area contributed by atoms with Crippen molar-refractivity contribution in [2.24, 2.45) is 13.0 Å². The molecule has 1 atom stereocenters. The fourth-order valence-corrected chi connectivity index (χ4v) is 5.38. The Morgan fingerprint density at radius 1 is 0.977 bits per heavy atom. The lowest BCUT2D eigenvalue weighted by atomic mass is 9.96. The van der Waals surface area contributed by atoms with Crippen molar-refractivity contribution in [2.45, 2.75) is 58.1 Å². The molecule has 43 heavy (non-hydrogen) atoms. The number of anilines is 1. The van der Waals surface area contributed by atoms with E-state index >= 15 is 0 Å². The van der Waals surface area contributed by atoms with Crippen molar-refractivity contribution < 1.29 is 23.9 Å². The Kier molecular flexibility index (Phi) is 8.13. The molecule has 2 aliphatic heterocycles. The van der Waals surface area contributed by atoms with Gasteiger partial charge in [-0.1, -0.05) is 11.8 Å². The number of aryl methyl sites for hydroxylation is 1. The fraction of sp³-hybridized carbons (Fsp3) is 0.406. The predicted octanol–water partition coefficient (Wildman–Crippen LogP) is 3.57. The number of hydrogen-bond donors (Lipinski definition) is 2. The zero-order chi connectivity index (χ0) is 30.9. The van der Waals surface area contributed by atoms with Gasteiger partial charge in [0.15, 0.2) is 0 Å². The minimum Gasteiger partial charge on any atom is -0.444 e. The lowest BCUT2D eigenvalue weighted by Crippen LogP contribution is -2.44. The maximum absolute atomic E-state index is 13.0. The Bertz CT molecular complexity index is 1710. The summed E-state index contributed by atoms with van der Waals surface area (Å²) in [7, 11) is 1.65. The number of imidazole rings is 1. The molecule has 0 saturated carbocycles. The zero-order valence-corrected chi connectivity index (χ0v) is 24.7. The molecule has 2 saturated heterocycles. The van der Waals surface area contributed by atoms with Gasteiger partial charge in [0.25, 0.3) is 5.91 Å². The highest BCUT2D eigenvalue weighted by Crippen LogP contribution is 2.24. The van der Waals surface area contributed by atoms with Crippen LogP contribution < -0.4 is 16.3 Å². The van der Waals surface area contributed by atoms with Crippen LogP contribution in [0.15, 0.2) is 47.3 Å². The lowest BCUT2D eigenvalue weighted by molar-refractivity contribution is -0.135. The molecule has 0 bridgehead atoms. The Hall–Kier alpha value is -4.85. The highest BCUT2D eigenvalue weighted by Gasteiger charge is 2.31. The molecule has 0 spiro atoms. The normalized spacial score (nSPS) is 17.7. The van der Waals surface area contributed by atoms with Gasteiger partial charge in [0.1, 0.15) is 11.6 Å². The van der Waals surface area contributed by atoms with Gasteiger partial charge in [0.2, 0.25) is 11.8 Å². The molecule has 4 amide bonds. The number of rotatable bonds is 3. The number of carbonyl (C=O) groups is 4. The lowest BCUT2D eigenvalue weighted by Gasteiger charge is -2.30. The second kappa shape index (κ2) is 11.8. The average molecular weight is 586 g/mol. The van der Waals surface area contributed by atoms with Crippen LogP contribution in [0.1, 0.15) is 68.4 Å². The molecule has 2 fully saturated rings. The number of piperidine rings is 2. The first kappa shape index (κ1) is 29.6. The third kappa shape index (κ3) is 6.64. The molecule has 3 heterocycles. The molecule has 2 N–H and O–H groups in total. The number of likely N-dealkylation sites (tertiary alicyclic amines) is 1. The van der Waals surface area contributed by atoms with Crippen molar-refractivity contribution in [2.75, 3.05) is 18.4 Å². The summed E-state index contributed by atoms with van der Waals surface area (Å²) in [5.41, 5.74) is 2.20. The van der Waals surface area contributed by atoms with E-state index in [1.165, 1.54) is 9.13 Å². The highest BCUT2D eigenvalue weighted by atomic mass is 16.6. The molecule has 224 valence electrons. The van der Waals surface area contributed by atoms with E-state index in [0.717, 1.165) is 18.4 Å². The van der Waals surface area contributed by atoms with Crippen LogP contribution in [0.2, 0.25) is 0 Å². The largest absolute Gasteiger partial charge is 0.444 e. The second-order valence-electron chi connectivity index (χ2n) is 11.9. The number of aromatic nitrogens is 2. The van der Waals surface area contributed by atoms with Gasteiger partial charge < -0.3 is 9.64 Å². The van der Waals surface area contributed by atoms with Crippen molar-refractivity contribution in [3.05, 3.63) is 64.1 Å². The Morgan fingerprint density at radius 3 is 2.33 bits per heavy atom. The second-order valence-corrected chi connectivity index (χ2v) is 11.9. The molecule has 11 nitrogen and oxygen atoms in total. The maximum atomic E-state index is 13.0. The minimum atomic E-state index is -0.731. The van der Waals surface area contributed by atoms with E-state index in [0.29, 0.717) is 35.4 Å². The molecule has 0 aliphatic carbocycles. The highest BCUT2D eigenvalue weighted by molar-refractivity contribution is 6.00. The summed E-state index contributed by atoms with van der Waals surface area (Å²) >= 11 is 0. The predicted molar refractivity (Wildman–Crippen MR) is 160 cm³/mol. The summed E-state index contributed by atoms with van der Waals surface area (Å²) in [5, 5.41) is 4.98. The molecule has 2 aliphatic rings. The smallest absolute Gasteiger partial charge is 0.412 e. The number of nitrogens with one attached hydrogen (secondary N) is 2. The SMILES string of the molecule is Cn1c(=O)n(C2CCC(=O)NC2=O)c2ccc(C#CC3CCN(C(=O)c4ccc(NC(=O)OC(C)(C)C)cc4)CC3)cc21. The molecule has 5 rings (SSSR count). The third-order valence-corrected chi connectivity index (χ3v) is 7.59. The number of imide groups is 1. The molecule has 3 aromatic rings. The van der Waals surface area contributed by atoms with Gasteiger partial charge in [-0.3, -0.25) is 34.2 Å². The fourth-order valence-electron chi connectivity index (χ4n) is 5.38. The van der Waals surface area contributed by atoms with Crippen LogP contribution in [0.25, 0.3) is 11.0 Å². The zero-order valence-electron chi connectivity index (χ0n) is 24.7. The van der Waals surface area contributed by atoms with E-state index in [1.807, 2.05) is 17.0 Å². The molecule has 0 radical (unpaired) electrons. The van der Waals surface area contributed by atoms with Crippen molar-refractivity contribution in [3.8, 4) is 11.8 Å². The van der Waals surface area contributed by atoms with Crippen molar-refractivity contribution in [1.29, 1.82) is 0 Å². The summed E-state index contributed by atoms with van der Waals surface area (Å²) < 4.78 is 8.20. The van der Waals surface area contributed by atoms with Gasteiger partial charge in [-0.2, -0.15) is 0 Å². The topological polar surface area (TPSA) is 132 Å². The Labute approximate surface area is 249 Å². The number of hydrogen-bond acceptors (Lipinski definition) is 6. The number of ether oxygens (including phenoxy) is 1. The van der Waals surface area contributed by atoms with E-state index in [9.17, 15) is 24.0 Å². The molecule has 1 unspecified atom stereocenters. The number of fused-ring (bicyclic) bond motifs is 1. The summed E-state index contributed by atoms with van der Waals surface area (Å²) in [6, 6.07) is 11.5. The number of amides is 4. The maximum Gasteiger partial charge on any atom is 0.412 e. The summed E-state index contributed by atoms with van der Waals surface area (Å²) in [5.74, 6) is 5.81. The van der Waals surface area contributed by atoms with E-state index in [2.05, 4.69) is 22.5 Å². The van der Waals surface area contributed by atoms with E-state index in [4.69, 9.17) is 4.74 Å². The molecule has 1 aromatic heterocycles. The standard InChI is InChI=1S/C32H35N5O6/c1-32(2,3)43-30(41)33-23-10-8-22(9-11-23)29(40)36-17-15-20(16-18-36)5-6-21-7-12-24-26(19-21)35(4)31(42)37(24)25-13-14-27(38)34-28(25)39/h7-12,19-20,25H,13-18H2,1-4H3,(H,33,41)(H,34,38,39). The molecular weight excluding hydrogens is 550 g/mol. The first-order valence-corrected chi connectivity index (χ1v) is 14.3. The monoisotopic (exact) mass is 585 g/mol. The summed E-state index contributed by atoms with van der Waals surface area (Å²) in [6.45, 7) is 6.53. The first-order valence-electron chi connectivity index (χ1n) is 14.3. The van der Waals surface area contributed by atoms with Crippen LogP contribution in [0.3, 0.4) is 0 Å². The van der Waals surface area contributed by atoms with E-state index < -0.39 is 23.6 Å². The molecule has 11 heteroatoms.